The van der Waals surface area contributed by atoms with E-state index in [1.165, 1.54) is 10.9 Å². The van der Waals surface area contributed by atoms with Gasteiger partial charge in [-0.1, -0.05) is 24.3 Å². The Morgan fingerprint density at radius 3 is 2.48 bits per heavy atom. The molecule has 0 aliphatic carbocycles. The van der Waals surface area contributed by atoms with Gasteiger partial charge in [0.15, 0.2) is 0 Å². The van der Waals surface area contributed by atoms with Crippen LogP contribution >= 0.6 is 0 Å². The molecule has 4 nitrogen and oxygen atoms in total. The summed E-state index contributed by atoms with van der Waals surface area (Å²) in [6.07, 6.45) is 0.811. The molecular weight excluding hydrogens is 266 g/mol. The Balaban J connectivity index is 2.11. The van der Waals surface area contributed by atoms with E-state index >= 15 is 0 Å². The lowest BCUT2D eigenvalue weighted by Gasteiger charge is -2.23. The fourth-order valence-electron chi connectivity index (χ4n) is 2.32. The van der Waals surface area contributed by atoms with Crippen LogP contribution in [0.4, 0.5) is 4.79 Å². The Hall–Kier alpha value is -2.23. The maximum atomic E-state index is 10.8. The Bertz CT molecular complexity index is 650. The maximum Gasteiger partial charge on any atom is 0.405 e. The first-order valence-corrected chi connectivity index (χ1v) is 6.95. The van der Waals surface area contributed by atoms with Crippen LogP contribution in [0.2, 0.25) is 0 Å². The molecule has 2 N–H and O–H groups in total. The fraction of sp³-hybridized carbons (Fsp3) is 0.353. The van der Waals surface area contributed by atoms with Gasteiger partial charge >= 0.3 is 6.09 Å². The molecule has 0 unspecified atom stereocenters. The number of carbonyl (C=O) groups excluding carboxylic acids is 1. The van der Waals surface area contributed by atoms with Crippen molar-refractivity contribution in [1.82, 2.24) is 0 Å². The Morgan fingerprint density at radius 2 is 1.81 bits per heavy atom. The van der Waals surface area contributed by atoms with Crippen molar-refractivity contribution in [3.8, 4) is 5.75 Å². The van der Waals surface area contributed by atoms with Gasteiger partial charge in [-0.25, -0.2) is 4.79 Å². The highest BCUT2D eigenvalue weighted by atomic mass is 16.6. The molecule has 21 heavy (non-hydrogen) atoms. The number of fused-ring (bicyclic) bond motifs is 1. The van der Waals surface area contributed by atoms with Gasteiger partial charge in [0.2, 0.25) is 0 Å². The highest BCUT2D eigenvalue weighted by Crippen LogP contribution is 2.24. The number of aryl methyl sites for hydroxylation is 1. The van der Waals surface area contributed by atoms with Crippen molar-refractivity contribution in [1.29, 1.82) is 0 Å². The predicted octanol–water partition coefficient (Wildman–Crippen LogP) is 3.65. The third-order valence-electron chi connectivity index (χ3n) is 3.50. The van der Waals surface area contributed by atoms with Crippen molar-refractivity contribution >= 4 is 16.9 Å². The number of methoxy groups -OCH3 is 1. The lowest BCUT2D eigenvalue weighted by atomic mass is 9.97. The number of hydrogen-bond acceptors (Lipinski definition) is 3. The van der Waals surface area contributed by atoms with Crippen LogP contribution < -0.4 is 10.5 Å². The molecule has 0 radical (unpaired) electrons. The number of amides is 1. The molecule has 0 saturated carbocycles. The highest BCUT2D eigenvalue weighted by Gasteiger charge is 2.21. The van der Waals surface area contributed by atoms with Gasteiger partial charge in [-0.05, 0) is 55.2 Å². The largest absolute Gasteiger partial charge is 0.497 e. The predicted molar refractivity (Wildman–Crippen MR) is 83.6 cm³/mol. The van der Waals surface area contributed by atoms with E-state index < -0.39 is 11.7 Å². The summed E-state index contributed by atoms with van der Waals surface area (Å²) in [5.41, 5.74) is 5.72. The molecule has 0 atom stereocenters. The average molecular weight is 287 g/mol. The second kappa shape index (κ2) is 6.04. The van der Waals surface area contributed by atoms with E-state index in [0.717, 1.165) is 24.0 Å². The number of primary amides is 1. The van der Waals surface area contributed by atoms with Crippen LogP contribution in [0, 0.1) is 0 Å². The van der Waals surface area contributed by atoms with Gasteiger partial charge in [-0.2, -0.15) is 0 Å². The van der Waals surface area contributed by atoms with Crippen LogP contribution in [0.3, 0.4) is 0 Å². The van der Waals surface area contributed by atoms with Crippen LogP contribution in [0.15, 0.2) is 36.4 Å². The van der Waals surface area contributed by atoms with Crippen LogP contribution in [0.5, 0.6) is 5.75 Å². The summed E-state index contributed by atoms with van der Waals surface area (Å²) in [6.45, 7) is 3.73. The smallest absolute Gasteiger partial charge is 0.405 e. The number of carbonyl (C=O) groups is 1. The third-order valence-corrected chi connectivity index (χ3v) is 3.50. The molecule has 2 aromatic carbocycles. The van der Waals surface area contributed by atoms with Gasteiger partial charge in [0.25, 0.3) is 0 Å². The van der Waals surface area contributed by atoms with Crippen LogP contribution in [0.25, 0.3) is 10.8 Å². The van der Waals surface area contributed by atoms with Crippen molar-refractivity contribution in [3.63, 3.8) is 0 Å². The number of hydrogen-bond donors (Lipinski definition) is 1. The lowest BCUT2D eigenvalue weighted by molar-refractivity contribution is 0.0394. The summed E-state index contributed by atoms with van der Waals surface area (Å²) < 4.78 is 10.3. The average Bonchev–Trinajstić information content (AvgIpc) is 2.43. The van der Waals surface area contributed by atoms with Crippen LogP contribution in [-0.4, -0.2) is 18.8 Å². The van der Waals surface area contributed by atoms with E-state index in [4.69, 9.17) is 15.2 Å². The number of benzene rings is 2. The van der Waals surface area contributed by atoms with E-state index in [-0.39, 0.29) is 0 Å². The minimum atomic E-state index is -0.731. The first-order valence-electron chi connectivity index (χ1n) is 6.95. The molecule has 1 amide bonds. The van der Waals surface area contributed by atoms with Gasteiger partial charge in [-0.3, -0.25) is 0 Å². The van der Waals surface area contributed by atoms with Gasteiger partial charge in [-0.15, -0.1) is 0 Å². The lowest BCUT2D eigenvalue weighted by Crippen LogP contribution is -2.31. The van der Waals surface area contributed by atoms with Crippen molar-refractivity contribution in [3.05, 3.63) is 42.0 Å². The van der Waals surface area contributed by atoms with Crippen molar-refractivity contribution in [2.24, 2.45) is 5.73 Å². The Morgan fingerprint density at radius 1 is 1.14 bits per heavy atom. The summed E-state index contributed by atoms with van der Waals surface area (Å²) in [6, 6.07) is 12.3. The molecule has 0 saturated heterocycles. The molecule has 2 aromatic rings. The number of ether oxygens (including phenoxy) is 2. The second-order valence-electron chi connectivity index (χ2n) is 5.73. The molecule has 112 valence electrons. The zero-order valence-corrected chi connectivity index (χ0v) is 12.7. The minimum absolute atomic E-state index is 0.555. The van der Waals surface area contributed by atoms with E-state index in [2.05, 4.69) is 18.2 Å². The first-order chi connectivity index (χ1) is 9.89. The van der Waals surface area contributed by atoms with Gasteiger partial charge in [0.1, 0.15) is 11.4 Å². The Kier molecular flexibility index (Phi) is 4.36. The number of rotatable bonds is 5. The zero-order valence-electron chi connectivity index (χ0n) is 12.7. The monoisotopic (exact) mass is 287 g/mol. The molecule has 0 fully saturated rings. The van der Waals surface area contributed by atoms with Gasteiger partial charge in [0.05, 0.1) is 7.11 Å². The third kappa shape index (κ3) is 4.12. The standard InChI is InChI=1S/C17H21NO3/c1-17(2,21-16(18)19)9-8-12-4-5-14-11-15(20-3)7-6-13(14)10-12/h4-7,10-11H,8-9H2,1-3H3,(H2,18,19). The quantitative estimate of drug-likeness (QED) is 0.913. The maximum absolute atomic E-state index is 10.8. The van der Waals surface area contributed by atoms with Gasteiger partial charge in [0, 0.05) is 0 Å². The molecule has 0 aliphatic heterocycles. The summed E-state index contributed by atoms with van der Waals surface area (Å²) in [5.74, 6) is 0.853. The van der Waals surface area contributed by atoms with E-state index in [9.17, 15) is 4.79 Å². The van der Waals surface area contributed by atoms with Crippen molar-refractivity contribution in [2.75, 3.05) is 7.11 Å². The topological polar surface area (TPSA) is 61.6 Å². The van der Waals surface area contributed by atoms with E-state index in [1.54, 1.807) is 7.11 Å². The normalized spacial score (nSPS) is 11.4. The fourth-order valence-corrected chi connectivity index (χ4v) is 2.32. The molecule has 0 bridgehead atoms. The molecule has 0 heterocycles. The summed E-state index contributed by atoms with van der Waals surface area (Å²) in [4.78, 5) is 10.8. The summed E-state index contributed by atoms with van der Waals surface area (Å²) in [7, 11) is 1.66. The summed E-state index contributed by atoms with van der Waals surface area (Å²) >= 11 is 0. The Labute approximate surface area is 124 Å². The molecule has 0 aliphatic rings. The second-order valence-corrected chi connectivity index (χ2v) is 5.73. The molecule has 2 rings (SSSR count). The van der Waals surface area contributed by atoms with Crippen molar-refractivity contribution in [2.45, 2.75) is 32.3 Å². The molecular formula is C17H21NO3. The highest BCUT2D eigenvalue weighted by molar-refractivity contribution is 5.84. The van der Waals surface area contributed by atoms with E-state index in [0.29, 0.717) is 0 Å². The van der Waals surface area contributed by atoms with Gasteiger partial charge < -0.3 is 15.2 Å². The number of nitrogens with two attached hydrogens (primary N) is 1. The van der Waals surface area contributed by atoms with Crippen LogP contribution in [-0.2, 0) is 11.2 Å². The van der Waals surface area contributed by atoms with E-state index in [1.807, 2.05) is 32.0 Å². The van der Waals surface area contributed by atoms with Crippen molar-refractivity contribution < 1.29 is 14.3 Å². The minimum Gasteiger partial charge on any atom is -0.497 e. The zero-order chi connectivity index (χ0) is 15.5. The first kappa shape index (κ1) is 15.2. The summed E-state index contributed by atoms with van der Waals surface area (Å²) in [5, 5.41) is 2.31. The molecule has 4 heteroatoms. The molecule has 0 aromatic heterocycles. The van der Waals surface area contributed by atoms with Crippen LogP contribution in [0.1, 0.15) is 25.8 Å². The molecule has 0 spiro atoms. The SMILES string of the molecule is COc1ccc2cc(CCC(C)(C)OC(N)=O)ccc2c1.